The second-order valence-electron chi connectivity index (χ2n) is 13.4. The number of piperidine rings is 1. The summed E-state index contributed by atoms with van der Waals surface area (Å²) in [4.78, 5) is 0. The van der Waals surface area contributed by atoms with Gasteiger partial charge in [0.1, 0.15) is 0 Å². The summed E-state index contributed by atoms with van der Waals surface area (Å²) >= 11 is 0. The van der Waals surface area contributed by atoms with E-state index in [1.807, 2.05) is 0 Å². The van der Waals surface area contributed by atoms with Crippen LogP contribution in [0.25, 0.3) is 0 Å². The Morgan fingerprint density at radius 3 is 2.71 bits per heavy atom. The molecule has 192 valence electrons. The first-order valence-electron chi connectivity index (χ1n) is 14.2. The summed E-state index contributed by atoms with van der Waals surface area (Å²) < 4.78 is 33.6. The topological polar surface area (TPSA) is 67.4 Å². The quantitative estimate of drug-likeness (QED) is 0.547. The maximum atomic E-state index is 11.8. The summed E-state index contributed by atoms with van der Waals surface area (Å²) in [6, 6.07) is 0.678. The molecule has 0 amide bonds. The number of fused-ring (bicyclic) bond motifs is 6. The van der Waals surface area contributed by atoms with E-state index in [4.69, 9.17) is 4.74 Å². The zero-order valence-electron chi connectivity index (χ0n) is 21.7. The molecule has 0 bridgehead atoms. The second-order valence-corrected chi connectivity index (χ2v) is 15.2. The summed E-state index contributed by atoms with van der Waals surface area (Å²) in [7, 11) is -3.12. The van der Waals surface area contributed by atoms with Gasteiger partial charge >= 0.3 is 0 Å². The zero-order chi connectivity index (χ0) is 23.9. The van der Waals surface area contributed by atoms with Crippen molar-refractivity contribution in [3.05, 3.63) is 11.1 Å². The van der Waals surface area contributed by atoms with E-state index in [1.54, 1.807) is 11.1 Å². The molecule has 3 saturated carbocycles. The second kappa shape index (κ2) is 8.29. The molecule has 6 aliphatic rings. The fourth-order valence-corrected chi connectivity index (χ4v) is 10.9. The molecule has 0 aromatic heterocycles. The van der Waals surface area contributed by atoms with Gasteiger partial charge in [-0.3, -0.25) is 0 Å². The molecule has 0 radical (unpaired) electrons. The van der Waals surface area contributed by atoms with Crippen molar-refractivity contribution in [3.8, 4) is 0 Å². The Hall–Kier alpha value is -0.430. The predicted octanol–water partition coefficient (Wildman–Crippen LogP) is 4.78. The van der Waals surface area contributed by atoms with Gasteiger partial charge in [-0.15, -0.1) is 0 Å². The van der Waals surface area contributed by atoms with Crippen LogP contribution in [0.15, 0.2) is 11.1 Å². The van der Waals surface area contributed by atoms with Gasteiger partial charge in [-0.1, -0.05) is 25.0 Å². The highest BCUT2D eigenvalue weighted by atomic mass is 32.2. The standard InChI is InChI=1S/C28H46N2O3S/c1-17-16-28(18(2)26-25(33-28)6-5-13-29-26)12-10-21-22-8-7-19-14-20(30-34(4,31)32)9-11-27(19,3)24(22)15-23(17)21/h18-22,24-26,29-30H,5-16H2,1-4H3/t18-,19-,20-,21+,22+,24+,25-,26+,27+,28+/m1/s1. The Morgan fingerprint density at radius 2 is 1.94 bits per heavy atom. The number of ether oxygens (including phenoxy) is 1. The van der Waals surface area contributed by atoms with Gasteiger partial charge in [-0.05, 0) is 113 Å². The van der Waals surface area contributed by atoms with Gasteiger partial charge in [-0.2, -0.15) is 0 Å². The molecule has 0 unspecified atom stereocenters. The predicted molar refractivity (Wildman–Crippen MR) is 136 cm³/mol. The van der Waals surface area contributed by atoms with Crippen LogP contribution >= 0.6 is 0 Å². The van der Waals surface area contributed by atoms with E-state index in [2.05, 4.69) is 30.8 Å². The van der Waals surface area contributed by atoms with E-state index in [0.717, 1.165) is 43.6 Å². The van der Waals surface area contributed by atoms with Crippen molar-refractivity contribution in [2.24, 2.45) is 35.0 Å². The van der Waals surface area contributed by atoms with Crippen LogP contribution in [0.3, 0.4) is 0 Å². The Balaban J connectivity index is 1.23. The Kier molecular flexibility index (Phi) is 5.84. The van der Waals surface area contributed by atoms with E-state index >= 15 is 0 Å². The lowest BCUT2D eigenvalue weighted by atomic mass is 9.52. The molecule has 0 aromatic rings. The molecule has 0 aromatic carbocycles. The molecule has 5 fully saturated rings. The molecular weight excluding hydrogens is 444 g/mol. The first-order chi connectivity index (χ1) is 16.1. The minimum absolute atomic E-state index is 0.0417. The van der Waals surface area contributed by atoms with Gasteiger partial charge in [0.2, 0.25) is 10.0 Å². The Labute approximate surface area is 207 Å². The van der Waals surface area contributed by atoms with Gasteiger partial charge in [-0.25, -0.2) is 13.1 Å². The monoisotopic (exact) mass is 490 g/mol. The molecule has 2 saturated heterocycles. The lowest BCUT2D eigenvalue weighted by Crippen LogP contribution is -2.50. The molecule has 2 aliphatic heterocycles. The van der Waals surface area contributed by atoms with E-state index in [-0.39, 0.29) is 11.6 Å². The molecule has 1 spiro atoms. The third kappa shape index (κ3) is 3.76. The van der Waals surface area contributed by atoms with Crippen LogP contribution in [-0.2, 0) is 14.8 Å². The van der Waals surface area contributed by atoms with Crippen molar-refractivity contribution in [1.82, 2.24) is 10.0 Å². The maximum Gasteiger partial charge on any atom is 0.208 e. The minimum atomic E-state index is -3.12. The van der Waals surface area contributed by atoms with Crippen LogP contribution in [-0.4, -0.2) is 45.0 Å². The summed E-state index contributed by atoms with van der Waals surface area (Å²) in [6.07, 6.45) is 14.9. The van der Waals surface area contributed by atoms with Crippen molar-refractivity contribution in [1.29, 1.82) is 0 Å². The van der Waals surface area contributed by atoms with Gasteiger partial charge in [0.15, 0.2) is 0 Å². The normalized spacial score (nSPS) is 50.9. The van der Waals surface area contributed by atoms with Crippen molar-refractivity contribution >= 4 is 10.0 Å². The third-order valence-electron chi connectivity index (χ3n) is 11.7. The van der Waals surface area contributed by atoms with Gasteiger partial charge < -0.3 is 10.1 Å². The molecule has 4 aliphatic carbocycles. The first-order valence-corrected chi connectivity index (χ1v) is 16.1. The highest BCUT2D eigenvalue weighted by molar-refractivity contribution is 7.88. The van der Waals surface area contributed by atoms with E-state index in [0.29, 0.717) is 29.4 Å². The first kappa shape index (κ1) is 23.9. The van der Waals surface area contributed by atoms with Crippen LogP contribution in [0.5, 0.6) is 0 Å². The molecule has 34 heavy (non-hydrogen) atoms. The minimum Gasteiger partial charge on any atom is -0.369 e. The average Bonchev–Trinajstić information content (AvgIpc) is 3.24. The lowest BCUT2D eigenvalue weighted by Gasteiger charge is -2.54. The lowest BCUT2D eigenvalue weighted by molar-refractivity contribution is -0.0712. The number of hydrogen-bond donors (Lipinski definition) is 2. The molecular formula is C28H46N2O3S. The van der Waals surface area contributed by atoms with Crippen LogP contribution in [0.2, 0.25) is 0 Å². The average molecular weight is 491 g/mol. The van der Waals surface area contributed by atoms with Crippen LogP contribution < -0.4 is 10.0 Å². The fraction of sp³-hybridized carbons (Fsp3) is 0.929. The Morgan fingerprint density at radius 1 is 1.12 bits per heavy atom. The van der Waals surface area contributed by atoms with Gasteiger partial charge in [0.05, 0.1) is 18.0 Å². The van der Waals surface area contributed by atoms with Crippen LogP contribution in [0.1, 0.15) is 91.4 Å². The van der Waals surface area contributed by atoms with Crippen molar-refractivity contribution in [2.75, 3.05) is 12.8 Å². The summed E-state index contributed by atoms with van der Waals surface area (Å²) in [5.74, 6) is 3.59. The van der Waals surface area contributed by atoms with Gasteiger partial charge in [0.25, 0.3) is 0 Å². The highest BCUT2D eigenvalue weighted by Gasteiger charge is 2.59. The van der Waals surface area contributed by atoms with E-state index in [1.165, 1.54) is 57.6 Å². The number of rotatable bonds is 2. The number of hydrogen-bond acceptors (Lipinski definition) is 4. The number of allylic oxidation sites excluding steroid dienone is 1. The van der Waals surface area contributed by atoms with Crippen molar-refractivity contribution < 1.29 is 13.2 Å². The van der Waals surface area contributed by atoms with E-state index in [9.17, 15) is 8.42 Å². The maximum absolute atomic E-state index is 11.8. The van der Waals surface area contributed by atoms with Crippen molar-refractivity contribution in [3.63, 3.8) is 0 Å². The SMILES string of the molecule is CC1=C2C[C@H]3[C@@H](CC[C@@H]4C[C@H](NS(C)(=O)=O)CC[C@@]43C)[C@@H]2CC[C@@]2(C1)O[C@@H]1CCCN[C@H]1[C@H]2C. The zero-order valence-corrected chi connectivity index (χ0v) is 22.6. The molecule has 6 rings (SSSR count). The smallest absolute Gasteiger partial charge is 0.208 e. The highest BCUT2D eigenvalue weighted by Crippen LogP contribution is 2.65. The molecule has 10 atom stereocenters. The number of sulfonamides is 1. The summed E-state index contributed by atoms with van der Waals surface area (Å²) in [5, 5.41) is 3.80. The van der Waals surface area contributed by atoms with Gasteiger partial charge in [0, 0.05) is 18.0 Å². The largest absolute Gasteiger partial charge is 0.369 e. The summed E-state index contributed by atoms with van der Waals surface area (Å²) in [6.45, 7) is 8.61. The van der Waals surface area contributed by atoms with E-state index < -0.39 is 10.0 Å². The molecule has 2 heterocycles. The third-order valence-corrected chi connectivity index (χ3v) is 12.5. The molecule has 2 N–H and O–H groups in total. The molecule has 5 nitrogen and oxygen atoms in total. The fourth-order valence-electron chi connectivity index (χ4n) is 10.0. The van der Waals surface area contributed by atoms with Crippen molar-refractivity contribution in [2.45, 2.75) is 115 Å². The van der Waals surface area contributed by atoms with Crippen LogP contribution in [0, 0.1) is 35.0 Å². The number of nitrogens with one attached hydrogen (secondary N) is 2. The van der Waals surface area contributed by atoms with Crippen LogP contribution in [0.4, 0.5) is 0 Å². The Bertz CT molecular complexity index is 963. The summed E-state index contributed by atoms with van der Waals surface area (Å²) in [5.41, 5.74) is 3.85. The molecule has 6 heteroatoms.